The van der Waals surface area contributed by atoms with E-state index in [4.69, 9.17) is 5.11 Å². The van der Waals surface area contributed by atoms with Crippen molar-refractivity contribution in [1.29, 1.82) is 0 Å². The van der Waals surface area contributed by atoms with E-state index in [1.165, 1.54) is 5.56 Å². The van der Waals surface area contributed by atoms with E-state index in [1.54, 1.807) is 0 Å². The Kier molecular flexibility index (Phi) is 3.89. The lowest BCUT2D eigenvalue weighted by Crippen LogP contribution is -2.10. The molecule has 0 spiro atoms. The maximum Gasteiger partial charge on any atom is 0.310 e. The van der Waals surface area contributed by atoms with Gasteiger partial charge in [-0.15, -0.1) is 0 Å². The molecular formula is C13H18O2. The molecular weight excluding hydrogens is 188 g/mol. The highest BCUT2D eigenvalue weighted by Crippen LogP contribution is 2.22. The van der Waals surface area contributed by atoms with Gasteiger partial charge in [0.15, 0.2) is 0 Å². The lowest BCUT2D eigenvalue weighted by Gasteiger charge is -2.11. The summed E-state index contributed by atoms with van der Waals surface area (Å²) in [6, 6.07) is 7.90. The Hall–Kier alpha value is -1.31. The number of benzene rings is 1. The van der Waals surface area contributed by atoms with Crippen LogP contribution in [0, 0.1) is 0 Å². The molecule has 2 nitrogen and oxygen atoms in total. The van der Waals surface area contributed by atoms with Gasteiger partial charge in [-0.2, -0.15) is 0 Å². The molecule has 2 heteroatoms. The summed E-state index contributed by atoms with van der Waals surface area (Å²) in [4.78, 5) is 10.9. The Balaban J connectivity index is 2.92. The SMILES string of the molecule is CC[C@H](C(=O)O)c1ccc(C(C)C)cc1. The normalized spacial score (nSPS) is 12.8. The number of aliphatic carboxylic acids is 1. The second-order valence-corrected chi connectivity index (χ2v) is 4.12. The molecule has 0 heterocycles. The first-order chi connectivity index (χ1) is 7.06. The van der Waals surface area contributed by atoms with E-state index in [1.807, 2.05) is 31.2 Å². The van der Waals surface area contributed by atoms with Crippen LogP contribution in [0.25, 0.3) is 0 Å². The van der Waals surface area contributed by atoms with Crippen molar-refractivity contribution >= 4 is 5.97 Å². The monoisotopic (exact) mass is 206 g/mol. The zero-order valence-electron chi connectivity index (χ0n) is 9.53. The fourth-order valence-corrected chi connectivity index (χ4v) is 1.67. The average Bonchev–Trinajstić information content (AvgIpc) is 2.19. The van der Waals surface area contributed by atoms with Crippen LogP contribution in [0.5, 0.6) is 0 Å². The molecule has 0 radical (unpaired) electrons. The highest BCUT2D eigenvalue weighted by Gasteiger charge is 2.17. The van der Waals surface area contributed by atoms with Crippen LogP contribution in [0.1, 0.15) is 50.2 Å². The van der Waals surface area contributed by atoms with Gasteiger partial charge in [0.05, 0.1) is 5.92 Å². The molecule has 0 saturated carbocycles. The van der Waals surface area contributed by atoms with Gasteiger partial charge in [0.1, 0.15) is 0 Å². The maximum atomic E-state index is 10.9. The standard InChI is InChI=1S/C13H18O2/c1-4-12(13(14)15)11-7-5-10(6-8-11)9(2)3/h5-9,12H,4H2,1-3H3,(H,14,15)/t12-/m0/s1. The zero-order valence-corrected chi connectivity index (χ0v) is 9.53. The molecule has 82 valence electrons. The Morgan fingerprint density at radius 1 is 1.20 bits per heavy atom. The highest BCUT2D eigenvalue weighted by molar-refractivity contribution is 5.75. The fraction of sp³-hybridized carbons (Fsp3) is 0.462. The number of hydrogen-bond acceptors (Lipinski definition) is 1. The van der Waals surface area contributed by atoms with Crippen LogP contribution in [0.2, 0.25) is 0 Å². The molecule has 0 aromatic heterocycles. The van der Waals surface area contributed by atoms with Gasteiger partial charge < -0.3 is 5.11 Å². The lowest BCUT2D eigenvalue weighted by atomic mass is 9.94. The molecule has 0 aliphatic rings. The Morgan fingerprint density at radius 3 is 2.00 bits per heavy atom. The van der Waals surface area contributed by atoms with Crippen LogP contribution in [-0.2, 0) is 4.79 Å². The fourth-order valence-electron chi connectivity index (χ4n) is 1.67. The molecule has 1 aromatic rings. The van der Waals surface area contributed by atoms with E-state index in [9.17, 15) is 4.79 Å². The van der Waals surface area contributed by atoms with Crippen LogP contribution in [0.3, 0.4) is 0 Å². The molecule has 15 heavy (non-hydrogen) atoms. The van der Waals surface area contributed by atoms with Crippen molar-refractivity contribution < 1.29 is 9.90 Å². The van der Waals surface area contributed by atoms with Gasteiger partial charge in [-0.3, -0.25) is 4.79 Å². The van der Waals surface area contributed by atoms with E-state index in [-0.39, 0.29) is 5.92 Å². The van der Waals surface area contributed by atoms with Crippen LogP contribution in [-0.4, -0.2) is 11.1 Å². The zero-order chi connectivity index (χ0) is 11.4. The molecule has 1 rings (SSSR count). The largest absolute Gasteiger partial charge is 0.481 e. The van der Waals surface area contributed by atoms with Gasteiger partial charge >= 0.3 is 5.97 Å². The first kappa shape index (κ1) is 11.8. The average molecular weight is 206 g/mol. The molecule has 0 unspecified atom stereocenters. The van der Waals surface area contributed by atoms with Crippen molar-refractivity contribution in [3.8, 4) is 0 Å². The number of carboxylic acid groups (broad SMARTS) is 1. The van der Waals surface area contributed by atoms with Gasteiger partial charge in [-0.05, 0) is 23.5 Å². The third kappa shape index (κ3) is 2.82. The predicted molar refractivity (Wildman–Crippen MR) is 61.2 cm³/mol. The van der Waals surface area contributed by atoms with E-state index in [0.29, 0.717) is 12.3 Å². The Bertz CT molecular complexity index is 325. The summed E-state index contributed by atoms with van der Waals surface area (Å²) in [7, 11) is 0. The molecule has 1 N–H and O–H groups in total. The van der Waals surface area contributed by atoms with Crippen molar-refractivity contribution in [2.75, 3.05) is 0 Å². The highest BCUT2D eigenvalue weighted by atomic mass is 16.4. The van der Waals surface area contributed by atoms with E-state index in [0.717, 1.165) is 5.56 Å². The van der Waals surface area contributed by atoms with Gasteiger partial charge in [0, 0.05) is 0 Å². The molecule has 1 atom stereocenters. The van der Waals surface area contributed by atoms with Gasteiger partial charge in [-0.1, -0.05) is 45.0 Å². The van der Waals surface area contributed by atoms with Crippen molar-refractivity contribution in [3.05, 3.63) is 35.4 Å². The molecule has 0 fully saturated rings. The van der Waals surface area contributed by atoms with Gasteiger partial charge in [0.25, 0.3) is 0 Å². The van der Waals surface area contributed by atoms with Crippen LogP contribution < -0.4 is 0 Å². The van der Waals surface area contributed by atoms with Gasteiger partial charge in [-0.25, -0.2) is 0 Å². The van der Waals surface area contributed by atoms with Gasteiger partial charge in [0.2, 0.25) is 0 Å². The first-order valence-corrected chi connectivity index (χ1v) is 5.39. The van der Waals surface area contributed by atoms with E-state index in [2.05, 4.69) is 13.8 Å². The maximum absolute atomic E-state index is 10.9. The second-order valence-electron chi connectivity index (χ2n) is 4.12. The summed E-state index contributed by atoms with van der Waals surface area (Å²) in [6.07, 6.45) is 0.635. The summed E-state index contributed by atoms with van der Waals surface area (Å²) in [6.45, 7) is 6.15. The molecule has 0 aliphatic heterocycles. The summed E-state index contributed by atoms with van der Waals surface area (Å²) in [5.74, 6) is -0.620. The second kappa shape index (κ2) is 4.96. The predicted octanol–water partition coefficient (Wildman–Crippen LogP) is 3.39. The molecule has 0 amide bonds. The summed E-state index contributed by atoms with van der Waals surface area (Å²) < 4.78 is 0. The number of rotatable bonds is 4. The topological polar surface area (TPSA) is 37.3 Å². The minimum atomic E-state index is -0.741. The third-order valence-electron chi connectivity index (χ3n) is 2.71. The minimum absolute atomic E-state index is 0.369. The third-order valence-corrected chi connectivity index (χ3v) is 2.71. The quantitative estimate of drug-likeness (QED) is 0.819. The minimum Gasteiger partial charge on any atom is -0.481 e. The van der Waals surface area contributed by atoms with E-state index < -0.39 is 5.97 Å². The van der Waals surface area contributed by atoms with Crippen LogP contribution >= 0.6 is 0 Å². The Morgan fingerprint density at radius 2 is 1.67 bits per heavy atom. The van der Waals surface area contributed by atoms with Crippen molar-refractivity contribution in [2.45, 2.75) is 39.0 Å². The van der Waals surface area contributed by atoms with Crippen molar-refractivity contribution in [2.24, 2.45) is 0 Å². The number of carboxylic acids is 1. The van der Waals surface area contributed by atoms with Crippen molar-refractivity contribution in [3.63, 3.8) is 0 Å². The molecule has 0 saturated heterocycles. The smallest absolute Gasteiger partial charge is 0.310 e. The molecule has 1 aromatic carbocycles. The lowest BCUT2D eigenvalue weighted by molar-refractivity contribution is -0.138. The van der Waals surface area contributed by atoms with Crippen LogP contribution in [0.4, 0.5) is 0 Å². The summed E-state index contributed by atoms with van der Waals surface area (Å²) >= 11 is 0. The van der Waals surface area contributed by atoms with Crippen LogP contribution in [0.15, 0.2) is 24.3 Å². The number of hydrogen-bond donors (Lipinski definition) is 1. The Labute approximate surface area is 90.9 Å². The first-order valence-electron chi connectivity index (χ1n) is 5.39. The summed E-state index contributed by atoms with van der Waals surface area (Å²) in [5, 5.41) is 9.01. The van der Waals surface area contributed by atoms with Crippen molar-refractivity contribution in [1.82, 2.24) is 0 Å². The van der Waals surface area contributed by atoms with E-state index >= 15 is 0 Å². The number of carbonyl (C=O) groups is 1. The summed E-state index contributed by atoms with van der Waals surface area (Å²) in [5.41, 5.74) is 2.15. The molecule has 0 bridgehead atoms. The molecule has 0 aliphatic carbocycles.